The predicted molar refractivity (Wildman–Crippen MR) is 110 cm³/mol. The van der Waals surface area contributed by atoms with Gasteiger partial charge >= 0.3 is 0 Å². The number of carbonyl (C=O) groups excluding carboxylic acids is 1. The molecule has 1 saturated heterocycles. The molecule has 8 nitrogen and oxygen atoms in total. The van der Waals surface area contributed by atoms with Gasteiger partial charge in [0.25, 0.3) is 5.91 Å². The molecule has 4 rings (SSSR count). The van der Waals surface area contributed by atoms with Gasteiger partial charge in [0, 0.05) is 30.5 Å². The maximum absolute atomic E-state index is 12.8. The van der Waals surface area contributed by atoms with Crippen LogP contribution in [0.5, 0.6) is 5.75 Å². The highest BCUT2D eigenvalue weighted by Gasteiger charge is 2.18. The van der Waals surface area contributed by atoms with Gasteiger partial charge in [-0.05, 0) is 37.3 Å². The minimum atomic E-state index is -0.296. The van der Waals surface area contributed by atoms with Gasteiger partial charge in [-0.2, -0.15) is 0 Å². The molecule has 1 N–H and O–H groups in total. The van der Waals surface area contributed by atoms with Crippen LogP contribution >= 0.6 is 0 Å². The smallest absolute Gasteiger partial charge is 0.278 e. The highest BCUT2D eigenvalue weighted by atomic mass is 16.5. The number of rotatable bonds is 5. The van der Waals surface area contributed by atoms with Gasteiger partial charge in [-0.25, -0.2) is 4.68 Å². The van der Waals surface area contributed by atoms with Gasteiger partial charge in [-0.3, -0.25) is 4.79 Å². The van der Waals surface area contributed by atoms with E-state index in [4.69, 9.17) is 9.47 Å². The summed E-state index contributed by atoms with van der Waals surface area (Å²) in [6.45, 7) is 4.92. The minimum Gasteiger partial charge on any atom is -0.497 e. The Bertz CT molecular complexity index is 1010. The van der Waals surface area contributed by atoms with Crippen LogP contribution in [0.3, 0.4) is 0 Å². The largest absolute Gasteiger partial charge is 0.497 e. The standard InChI is InChI=1S/C21H23N5O3/c1-15-20(23-24-26(15)18-7-4-8-19(14-18)28-2)21(27)22-16-5-3-6-17(13-16)25-9-11-29-12-10-25/h3-8,13-14H,9-12H2,1-2H3,(H,22,27). The average molecular weight is 393 g/mol. The number of nitrogens with zero attached hydrogens (tertiary/aromatic N) is 4. The third-order valence-corrected chi connectivity index (χ3v) is 4.89. The lowest BCUT2D eigenvalue weighted by Crippen LogP contribution is -2.36. The molecule has 0 bridgehead atoms. The van der Waals surface area contributed by atoms with Crippen LogP contribution in [0.1, 0.15) is 16.2 Å². The number of hydrogen-bond donors (Lipinski definition) is 1. The number of hydrogen-bond acceptors (Lipinski definition) is 6. The molecule has 0 aliphatic carbocycles. The van der Waals surface area contributed by atoms with Crippen LogP contribution in [-0.2, 0) is 4.74 Å². The Morgan fingerprint density at radius 3 is 2.66 bits per heavy atom. The molecule has 2 heterocycles. The fraction of sp³-hybridized carbons (Fsp3) is 0.286. The number of aromatic nitrogens is 3. The second-order valence-electron chi connectivity index (χ2n) is 6.74. The first-order valence-corrected chi connectivity index (χ1v) is 9.46. The van der Waals surface area contributed by atoms with E-state index in [9.17, 15) is 4.79 Å². The Labute approximate surface area is 169 Å². The van der Waals surface area contributed by atoms with Crippen LogP contribution in [0, 0.1) is 6.92 Å². The Morgan fingerprint density at radius 1 is 1.10 bits per heavy atom. The summed E-state index contributed by atoms with van der Waals surface area (Å²) in [6.07, 6.45) is 0. The number of morpholine rings is 1. The lowest BCUT2D eigenvalue weighted by atomic mass is 10.2. The van der Waals surface area contributed by atoms with E-state index in [0.717, 1.165) is 24.5 Å². The van der Waals surface area contributed by atoms with E-state index in [-0.39, 0.29) is 11.6 Å². The van der Waals surface area contributed by atoms with E-state index < -0.39 is 0 Å². The summed E-state index contributed by atoms with van der Waals surface area (Å²) in [4.78, 5) is 15.0. The highest BCUT2D eigenvalue weighted by molar-refractivity contribution is 6.03. The molecule has 1 aromatic heterocycles. The lowest BCUT2D eigenvalue weighted by molar-refractivity contribution is 0.102. The second kappa shape index (κ2) is 8.32. The van der Waals surface area contributed by atoms with E-state index in [0.29, 0.717) is 30.3 Å². The topological polar surface area (TPSA) is 81.5 Å². The van der Waals surface area contributed by atoms with Gasteiger partial charge < -0.3 is 19.7 Å². The van der Waals surface area contributed by atoms with Crippen molar-refractivity contribution in [2.24, 2.45) is 0 Å². The monoisotopic (exact) mass is 393 g/mol. The van der Waals surface area contributed by atoms with Gasteiger partial charge in [0.2, 0.25) is 0 Å². The van der Waals surface area contributed by atoms with Gasteiger partial charge in [0.05, 0.1) is 31.7 Å². The number of nitrogens with one attached hydrogen (secondary N) is 1. The van der Waals surface area contributed by atoms with Crippen molar-refractivity contribution in [1.82, 2.24) is 15.0 Å². The van der Waals surface area contributed by atoms with Crippen molar-refractivity contribution in [2.45, 2.75) is 6.92 Å². The zero-order valence-electron chi connectivity index (χ0n) is 16.5. The molecule has 0 atom stereocenters. The van der Waals surface area contributed by atoms with Crippen molar-refractivity contribution >= 4 is 17.3 Å². The maximum atomic E-state index is 12.8. The highest BCUT2D eigenvalue weighted by Crippen LogP contribution is 2.22. The molecule has 1 aliphatic rings. The zero-order chi connectivity index (χ0) is 20.2. The van der Waals surface area contributed by atoms with E-state index in [1.807, 2.05) is 55.5 Å². The summed E-state index contributed by atoms with van der Waals surface area (Å²) in [5.41, 5.74) is 3.49. The Hall–Kier alpha value is -3.39. The number of benzene rings is 2. The molecule has 1 aliphatic heterocycles. The first-order chi connectivity index (χ1) is 14.2. The SMILES string of the molecule is COc1cccc(-n2nnc(C(=O)Nc3cccc(N4CCOCC4)c3)c2C)c1. The number of methoxy groups -OCH3 is 1. The van der Waals surface area contributed by atoms with Gasteiger partial charge in [0.1, 0.15) is 5.75 Å². The summed E-state index contributed by atoms with van der Waals surface area (Å²) < 4.78 is 12.3. The first-order valence-electron chi connectivity index (χ1n) is 9.46. The fourth-order valence-corrected chi connectivity index (χ4v) is 3.32. The molecule has 150 valence electrons. The summed E-state index contributed by atoms with van der Waals surface area (Å²) in [5.74, 6) is 0.416. The van der Waals surface area contributed by atoms with Crippen LogP contribution < -0.4 is 15.0 Å². The fourth-order valence-electron chi connectivity index (χ4n) is 3.32. The molecule has 3 aromatic rings. The molecule has 2 aromatic carbocycles. The molecule has 0 spiro atoms. The van der Waals surface area contributed by atoms with Crippen LogP contribution in [0.4, 0.5) is 11.4 Å². The molecule has 0 unspecified atom stereocenters. The normalized spacial score (nSPS) is 13.9. The molecule has 1 amide bonds. The quantitative estimate of drug-likeness (QED) is 0.718. The van der Waals surface area contributed by atoms with E-state index >= 15 is 0 Å². The Kier molecular flexibility index (Phi) is 5.44. The van der Waals surface area contributed by atoms with E-state index in [2.05, 4.69) is 20.5 Å². The van der Waals surface area contributed by atoms with Crippen molar-refractivity contribution in [1.29, 1.82) is 0 Å². The number of amides is 1. The Balaban J connectivity index is 1.53. The summed E-state index contributed by atoms with van der Waals surface area (Å²) >= 11 is 0. The van der Waals surface area contributed by atoms with Crippen LogP contribution in [0.2, 0.25) is 0 Å². The molecule has 0 saturated carbocycles. The third kappa shape index (κ3) is 4.07. The van der Waals surface area contributed by atoms with Crippen molar-refractivity contribution in [2.75, 3.05) is 43.6 Å². The van der Waals surface area contributed by atoms with Crippen molar-refractivity contribution in [3.63, 3.8) is 0 Å². The summed E-state index contributed by atoms with van der Waals surface area (Å²) in [7, 11) is 1.61. The van der Waals surface area contributed by atoms with E-state index in [1.165, 1.54) is 0 Å². The predicted octanol–water partition coefficient (Wildman–Crippen LogP) is 2.67. The molecule has 29 heavy (non-hydrogen) atoms. The Morgan fingerprint density at radius 2 is 1.86 bits per heavy atom. The molecular weight excluding hydrogens is 370 g/mol. The summed E-state index contributed by atoms with van der Waals surface area (Å²) in [5, 5.41) is 11.2. The number of ether oxygens (including phenoxy) is 2. The molecule has 1 fully saturated rings. The van der Waals surface area contributed by atoms with Gasteiger partial charge in [-0.1, -0.05) is 17.3 Å². The second-order valence-corrected chi connectivity index (χ2v) is 6.74. The molecule has 8 heteroatoms. The minimum absolute atomic E-state index is 0.282. The average Bonchev–Trinajstić information content (AvgIpc) is 3.16. The maximum Gasteiger partial charge on any atom is 0.278 e. The van der Waals surface area contributed by atoms with E-state index in [1.54, 1.807) is 11.8 Å². The number of anilines is 2. The van der Waals surface area contributed by atoms with Crippen molar-refractivity contribution in [3.05, 3.63) is 59.9 Å². The van der Waals surface area contributed by atoms with Crippen LogP contribution in [-0.4, -0.2) is 54.3 Å². The van der Waals surface area contributed by atoms with Crippen molar-refractivity contribution in [3.8, 4) is 11.4 Å². The first kappa shape index (κ1) is 18.9. The summed E-state index contributed by atoms with van der Waals surface area (Å²) in [6, 6.07) is 15.2. The zero-order valence-corrected chi connectivity index (χ0v) is 16.5. The number of carbonyl (C=O) groups is 1. The molecule has 0 radical (unpaired) electrons. The van der Waals surface area contributed by atoms with Crippen molar-refractivity contribution < 1.29 is 14.3 Å². The van der Waals surface area contributed by atoms with Gasteiger partial charge in [-0.15, -0.1) is 5.10 Å². The van der Waals surface area contributed by atoms with Gasteiger partial charge in [0.15, 0.2) is 5.69 Å². The molecular formula is C21H23N5O3. The van der Waals surface area contributed by atoms with Crippen LogP contribution in [0.25, 0.3) is 5.69 Å². The van der Waals surface area contributed by atoms with Crippen LogP contribution in [0.15, 0.2) is 48.5 Å². The lowest BCUT2D eigenvalue weighted by Gasteiger charge is -2.29. The third-order valence-electron chi connectivity index (χ3n) is 4.89.